The van der Waals surface area contributed by atoms with Crippen LogP contribution in [-0.2, 0) is 4.74 Å². The molecule has 5 heteroatoms. The number of carboxylic acids is 1. The highest BCUT2D eigenvalue weighted by atomic mass is 79.9. The molecular formula is C13H16BrNO3. The van der Waals surface area contributed by atoms with Gasteiger partial charge in [-0.25, -0.2) is 4.79 Å². The molecule has 1 aromatic carbocycles. The third-order valence-electron chi connectivity index (χ3n) is 3.04. The molecule has 1 aromatic rings. The second kappa shape index (κ2) is 5.71. The molecule has 1 N–H and O–H groups in total. The molecule has 0 unspecified atom stereocenters. The monoisotopic (exact) mass is 313 g/mol. The van der Waals surface area contributed by atoms with Gasteiger partial charge in [0, 0.05) is 29.9 Å². The molecule has 0 spiro atoms. The first-order valence-corrected chi connectivity index (χ1v) is 6.71. The van der Waals surface area contributed by atoms with Crippen LogP contribution in [0.5, 0.6) is 0 Å². The predicted octanol–water partition coefficient (Wildman–Crippen LogP) is 2.76. The zero-order chi connectivity index (χ0) is 13.1. The number of nitrogens with zero attached hydrogens (tertiary/aromatic N) is 1. The van der Waals surface area contributed by atoms with Gasteiger partial charge in [0.25, 0.3) is 0 Å². The van der Waals surface area contributed by atoms with Gasteiger partial charge >= 0.3 is 5.97 Å². The standard InChI is InChI=1S/C13H16BrNO3/c1-18-7-6-15(9-2-3-9)10-4-5-11(13(16)17)12(14)8-10/h4-5,8-9H,2-3,6-7H2,1H3,(H,16,17). The van der Waals surface area contributed by atoms with Crippen molar-refractivity contribution in [3.63, 3.8) is 0 Å². The smallest absolute Gasteiger partial charge is 0.336 e. The van der Waals surface area contributed by atoms with E-state index in [-0.39, 0.29) is 0 Å². The SMILES string of the molecule is COCCN(c1ccc(C(=O)O)c(Br)c1)C1CC1. The maximum absolute atomic E-state index is 11.0. The molecule has 1 fully saturated rings. The molecule has 0 atom stereocenters. The minimum atomic E-state index is -0.914. The fraction of sp³-hybridized carbons (Fsp3) is 0.462. The van der Waals surface area contributed by atoms with Crippen LogP contribution in [0.25, 0.3) is 0 Å². The van der Waals surface area contributed by atoms with E-state index in [1.165, 1.54) is 12.8 Å². The average Bonchev–Trinajstić information content (AvgIpc) is 3.13. The summed E-state index contributed by atoms with van der Waals surface area (Å²) in [7, 11) is 1.69. The number of carboxylic acid groups (broad SMARTS) is 1. The Morgan fingerprint density at radius 2 is 2.28 bits per heavy atom. The molecule has 0 radical (unpaired) electrons. The van der Waals surface area contributed by atoms with E-state index in [4.69, 9.17) is 9.84 Å². The van der Waals surface area contributed by atoms with Gasteiger partial charge in [-0.05, 0) is 47.0 Å². The van der Waals surface area contributed by atoms with Crippen LogP contribution in [0.2, 0.25) is 0 Å². The molecule has 0 amide bonds. The van der Waals surface area contributed by atoms with E-state index in [2.05, 4.69) is 20.8 Å². The quantitative estimate of drug-likeness (QED) is 0.877. The Hall–Kier alpha value is -1.07. The Labute approximate surface area is 115 Å². The third-order valence-corrected chi connectivity index (χ3v) is 3.69. The van der Waals surface area contributed by atoms with Crippen LogP contribution in [-0.4, -0.2) is 37.4 Å². The van der Waals surface area contributed by atoms with Crippen LogP contribution >= 0.6 is 15.9 Å². The summed E-state index contributed by atoms with van der Waals surface area (Å²) in [6.07, 6.45) is 2.39. The summed E-state index contributed by atoms with van der Waals surface area (Å²) in [5.74, 6) is -0.914. The van der Waals surface area contributed by atoms with E-state index in [0.717, 1.165) is 12.2 Å². The lowest BCUT2D eigenvalue weighted by Crippen LogP contribution is -2.29. The number of carbonyl (C=O) groups is 1. The molecule has 0 heterocycles. The molecule has 0 bridgehead atoms. The predicted molar refractivity (Wildman–Crippen MR) is 73.3 cm³/mol. The fourth-order valence-corrected chi connectivity index (χ4v) is 2.49. The van der Waals surface area contributed by atoms with Crippen molar-refractivity contribution in [3.8, 4) is 0 Å². The second-order valence-corrected chi connectivity index (χ2v) is 5.24. The Kier molecular flexibility index (Phi) is 4.24. The minimum absolute atomic E-state index is 0.293. The van der Waals surface area contributed by atoms with Gasteiger partial charge in [0.2, 0.25) is 0 Å². The van der Waals surface area contributed by atoms with Crippen molar-refractivity contribution in [2.75, 3.05) is 25.2 Å². The number of hydrogen-bond acceptors (Lipinski definition) is 3. The summed E-state index contributed by atoms with van der Waals surface area (Å²) in [5.41, 5.74) is 1.34. The summed E-state index contributed by atoms with van der Waals surface area (Å²) in [6.45, 7) is 1.51. The minimum Gasteiger partial charge on any atom is -0.478 e. The van der Waals surface area contributed by atoms with E-state index < -0.39 is 5.97 Å². The van der Waals surface area contributed by atoms with Crippen molar-refractivity contribution in [1.82, 2.24) is 0 Å². The molecule has 4 nitrogen and oxygen atoms in total. The maximum Gasteiger partial charge on any atom is 0.336 e. The lowest BCUT2D eigenvalue weighted by molar-refractivity contribution is 0.0696. The maximum atomic E-state index is 11.0. The average molecular weight is 314 g/mol. The van der Waals surface area contributed by atoms with Gasteiger partial charge < -0.3 is 14.7 Å². The molecule has 0 aromatic heterocycles. The summed E-state index contributed by atoms with van der Waals surface area (Å²) in [6, 6.07) is 5.95. The van der Waals surface area contributed by atoms with E-state index >= 15 is 0 Å². The molecule has 0 aliphatic heterocycles. The van der Waals surface area contributed by atoms with Gasteiger partial charge in [-0.1, -0.05) is 0 Å². The van der Waals surface area contributed by atoms with Crippen molar-refractivity contribution in [3.05, 3.63) is 28.2 Å². The lowest BCUT2D eigenvalue weighted by Gasteiger charge is -2.24. The molecule has 0 saturated heterocycles. The van der Waals surface area contributed by atoms with Crippen molar-refractivity contribution in [2.24, 2.45) is 0 Å². The van der Waals surface area contributed by atoms with Crippen LogP contribution in [0.3, 0.4) is 0 Å². The van der Waals surface area contributed by atoms with Gasteiger partial charge in [-0.15, -0.1) is 0 Å². The summed E-state index contributed by atoms with van der Waals surface area (Å²) in [4.78, 5) is 13.2. The highest BCUT2D eigenvalue weighted by Crippen LogP contribution is 2.33. The molecular weight excluding hydrogens is 298 g/mol. The van der Waals surface area contributed by atoms with Gasteiger partial charge in [-0.2, -0.15) is 0 Å². The first kappa shape index (κ1) is 13.4. The first-order chi connectivity index (χ1) is 8.63. The van der Waals surface area contributed by atoms with Crippen LogP contribution in [0.1, 0.15) is 23.2 Å². The highest BCUT2D eigenvalue weighted by molar-refractivity contribution is 9.10. The topological polar surface area (TPSA) is 49.8 Å². The Balaban J connectivity index is 2.19. The van der Waals surface area contributed by atoms with Crippen molar-refractivity contribution in [2.45, 2.75) is 18.9 Å². The zero-order valence-corrected chi connectivity index (χ0v) is 11.8. The fourth-order valence-electron chi connectivity index (χ4n) is 1.95. The van der Waals surface area contributed by atoms with Crippen LogP contribution in [0, 0.1) is 0 Å². The molecule has 98 valence electrons. The van der Waals surface area contributed by atoms with Gasteiger partial charge in [0.05, 0.1) is 12.2 Å². The Bertz CT molecular complexity index is 446. The molecule has 18 heavy (non-hydrogen) atoms. The summed E-state index contributed by atoms with van der Waals surface area (Å²) >= 11 is 3.31. The Morgan fingerprint density at radius 3 is 2.78 bits per heavy atom. The van der Waals surface area contributed by atoms with Crippen LogP contribution in [0.15, 0.2) is 22.7 Å². The van der Waals surface area contributed by atoms with Gasteiger partial charge in [-0.3, -0.25) is 0 Å². The highest BCUT2D eigenvalue weighted by Gasteiger charge is 2.29. The van der Waals surface area contributed by atoms with Gasteiger partial charge in [0.1, 0.15) is 0 Å². The van der Waals surface area contributed by atoms with Crippen molar-refractivity contribution in [1.29, 1.82) is 0 Å². The van der Waals surface area contributed by atoms with Crippen LogP contribution in [0.4, 0.5) is 5.69 Å². The van der Waals surface area contributed by atoms with E-state index in [9.17, 15) is 4.79 Å². The molecule has 2 rings (SSSR count). The normalized spacial score (nSPS) is 14.6. The van der Waals surface area contributed by atoms with E-state index in [1.54, 1.807) is 13.2 Å². The zero-order valence-electron chi connectivity index (χ0n) is 10.2. The number of rotatable bonds is 6. The van der Waals surface area contributed by atoms with Gasteiger partial charge in [0.15, 0.2) is 0 Å². The summed E-state index contributed by atoms with van der Waals surface area (Å²) < 4.78 is 5.74. The van der Waals surface area contributed by atoms with Crippen molar-refractivity contribution < 1.29 is 14.6 Å². The van der Waals surface area contributed by atoms with E-state index in [0.29, 0.717) is 22.7 Å². The summed E-state index contributed by atoms with van der Waals surface area (Å²) in [5, 5.41) is 8.99. The number of halogens is 1. The lowest BCUT2D eigenvalue weighted by atomic mass is 10.2. The van der Waals surface area contributed by atoms with Crippen molar-refractivity contribution >= 4 is 27.6 Å². The number of benzene rings is 1. The Morgan fingerprint density at radius 1 is 1.56 bits per heavy atom. The number of anilines is 1. The first-order valence-electron chi connectivity index (χ1n) is 5.92. The second-order valence-electron chi connectivity index (χ2n) is 4.39. The number of ether oxygens (including phenoxy) is 1. The molecule has 1 aliphatic carbocycles. The van der Waals surface area contributed by atoms with Crippen LogP contribution < -0.4 is 4.90 Å². The van der Waals surface area contributed by atoms with E-state index in [1.807, 2.05) is 12.1 Å². The molecule has 1 saturated carbocycles. The largest absolute Gasteiger partial charge is 0.478 e. The molecule has 1 aliphatic rings. The number of aromatic carboxylic acids is 1. The number of hydrogen-bond donors (Lipinski definition) is 1. The third kappa shape index (κ3) is 3.03. The number of methoxy groups -OCH3 is 1.